The van der Waals surface area contributed by atoms with Crippen LogP contribution in [0.3, 0.4) is 0 Å². The van der Waals surface area contributed by atoms with Gasteiger partial charge < -0.3 is 24.1 Å². The smallest absolute Gasteiger partial charge is 0.231 e. The summed E-state index contributed by atoms with van der Waals surface area (Å²) in [7, 11) is 0. The van der Waals surface area contributed by atoms with Gasteiger partial charge in [-0.15, -0.1) is 0 Å². The number of phenols is 1. The monoisotopic (exact) mass is 341 g/mol. The molecule has 0 amide bonds. The fourth-order valence-electron chi connectivity index (χ4n) is 3.84. The number of benzene rings is 2. The molecular formula is C19H19NO5. The summed E-state index contributed by atoms with van der Waals surface area (Å²) in [6.07, 6.45) is 2.32. The maximum atomic E-state index is 10.6. The lowest BCUT2D eigenvalue weighted by Gasteiger charge is -2.29. The summed E-state index contributed by atoms with van der Waals surface area (Å²) < 4.78 is 21.9. The number of hydrogen-bond acceptors (Lipinski definition) is 6. The van der Waals surface area contributed by atoms with Crippen molar-refractivity contribution in [3.8, 4) is 28.7 Å². The third-order valence-electron chi connectivity index (χ3n) is 5.03. The fraction of sp³-hybridized carbons (Fsp3) is 0.368. The lowest BCUT2D eigenvalue weighted by atomic mass is 9.95. The minimum Gasteiger partial charge on any atom is -0.507 e. The van der Waals surface area contributed by atoms with Gasteiger partial charge in [0, 0.05) is 11.6 Å². The largest absolute Gasteiger partial charge is 0.507 e. The molecule has 0 spiro atoms. The van der Waals surface area contributed by atoms with Crippen molar-refractivity contribution in [2.24, 2.45) is 0 Å². The van der Waals surface area contributed by atoms with Gasteiger partial charge in [0.05, 0.1) is 6.04 Å². The van der Waals surface area contributed by atoms with Crippen LogP contribution in [-0.2, 0) is 0 Å². The van der Waals surface area contributed by atoms with E-state index >= 15 is 0 Å². The van der Waals surface area contributed by atoms with E-state index in [0.29, 0.717) is 11.5 Å². The normalized spacial score (nSPS) is 19.4. The van der Waals surface area contributed by atoms with Crippen LogP contribution in [0, 0.1) is 0 Å². The molecule has 6 heteroatoms. The summed E-state index contributed by atoms with van der Waals surface area (Å²) in [5, 5.41) is 10.6. The molecule has 2 aromatic carbocycles. The van der Waals surface area contributed by atoms with Crippen LogP contribution in [-0.4, -0.2) is 36.7 Å². The van der Waals surface area contributed by atoms with Gasteiger partial charge in [-0.3, -0.25) is 4.90 Å². The van der Waals surface area contributed by atoms with Crippen LogP contribution in [0.25, 0.3) is 0 Å². The van der Waals surface area contributed by atoms with Crippen molar-refractivity contribution in [2.45, 2.75) is 18.9 Å². The van der Waals surface area contributed by atoms with Crippen molar-refractivity contribution in [1.82, 2.24) is 4.90 Å². The van der Waals surface area contributed by atoms with Crippen molar-refractivity contribution in [2.75, 3.05) is 26.7 Å². The molecule has 3 heterocycles. The van der Waals surface area contributed by atoms with Crippen molar-refractivity contribution in [1.29, 1.82) is 0 Å². The molecule has 0 unspecified atom stereocenters. The SMILES string of the molecule is Oc1cc2c(cc1[C@H](c1ccc3c(c1)OCO3)N1CCCC1)OCO2. The van der Waals surface area contributed by atoms with Crippen LogP contribution in [0.2, 0.25) is 0 Å². The van der Waals surface area contributed by atoms with Crippen LogP contribution in [0.5, 0.6) is 28.7 Å². The molecule has 5 rings (SSSR count). The van der Waals surface area contributed by atoms with Crippen LogP contribution < -0.4 is 18.9 Å². The number of rotatable bonds is 3. The fourth-order valence-corrected chi connectivity index (χ4v) is 3.84. The number of hydrogen-bond donors (Lipinski definition) is 1. The second kappa shape index (κ2) is 5.74. The van der Waals surface area contributed by atoms with E-state index in [0.717, 1.165) is 48.6 Å². The Morgan fingerprint density at radius 1 is 0.800 bits per heavy atom. The number of phenolic OH excluding ortho intramolecular Hbond substituents is 1. The third-order valence-corrected chi connectivity index (χ3v) is 5.03. The Morgan fingerprint density at radius 2 is 1.44 bits per heavy atom. The second-order valence-corrected chi connectivity index (χ2v) is 6.52. The van der Waals surface area contributed by atoms with Crippen LogP contribution in [0.1, 0.15) is 30.0 Å². The minimum atomic E-state index is -0.0634. The predicted octanol–water partition coefficient (Wildman–Crippen LogP) is 3.03. The zero-order chi connectivity index (χ0) is 16.8. The standard InChI is InChI=1S/C19H19NO5/c21-14-9-18-17(24-11-25-18)8-13(14)19(20-5-1-2-6-20)12-3-4-15-16(7-12)23-10-22-15/h3-4,7-9,19,21H,1-2,5-6,10-11H2/t19-/m0/s1. The molecule has 0 saturated carbocycles. The van der Waals surface area contributed by atoms with E-state index in [1.54, 1.807) is 6.07 Å². The molecule has 130 valence electrons. The maximum Gasteiger partial charge on any atom is 0.231 e. The molecule has 1 N–H and O–H groups in total. The molecular weight excluding hydrogens is 322 g/mol. The summed E-state index contributed by atoms with van der Waals surface area (Å²) >= 11 is 0. The number of nitrogens with zero attached hydrogens (tertiary/aromatic N) is 1. The Labute approximate surface area is 145 Å². The van der Waals surface area contributed by atoms with E-state index in [1.165, 1.54) is 0 Å². The Kier molecular flexibility index (Phi) is 3.38. The van der Waals surface area contributed by atoms with Gasteiger partial charge in [-0.1, -0.05) is 6.07 Å². The Hall–Kier alpha value is -2.60. The first-order valence-electron chi connectivity index (χ1n) is 8.56. The van der Waals surface area contributed by atoms with E-state index in [-0.39, 0.29) is 25.4 Å². The highest BCUT2D eigenvalue weighted by atomic mass is 16.7. The van der Waals surface area contributed by atoms with E-state index in [9.17, 15) is 5.11 Å². The summed E-state index contributed by atoms with van der Waals surface area (Å²) in [5.74, 6) is 3.00. The van der Waals surface area contributed by atoms with Gasteiger partial charge in [-0.25, -0.2) is 0 Å². The molecule has 0 bridgehead atoms. The zero-order valence-electron chi connectivity index (χ0n) is 13.7. The van der Waals surface area contributed by atoms with Crippen molar-refractivity contribution in [3.63, 3.8) is 0 Å². The number of likely N-dealkylation sites (tertiary alicyclic amines) is 1. The van der Waals surface area contributed by atoms with Gasteiger partial charge >= 0.3 is 0 Å². The molecule has 0 aliphatic carbocycles. The molecule has 1 atom stereocenters. The zero-order valence-corrected chi connectivity index (χ0v) is 13.7. The second-order valence-electron chi connectivity index (χ2n) is 6.52. The minimum absolute atomic E-state index is 0.0634. The first-order chi connectivity index (χ1) is 12.3. The molecule has 2 aromatic rings. The third kappa shape index (κ3) is 2.44. The predicted molar refractivity (Wildman–Crippen MR) is 89.4 cm³/mol. The van der Waals surface area contributed by atoms with Crippen LogP contribution in [0.15, 0.2) is 30.3 Å². The van der Waals surface area contributed by atoms with Gasteiger partial charge in [0.1, 0.15) is 5.75 Å². The van der Waals surface area contributed by atoms with E-state index in [4.69, 9.17) is 18.9 Å². The van der Waals surface area contributed by atoms with Gasteiger partial charge in [0.25, 0.3) is 0 Å². The molecule has 1 fully saturated rings. The molecule has 0 radical (unpaired) electrons. The quantitative estimate of drug-likeness (QED) is 0.926. The summed E-state index contributed by atoms with van der Waals surface area (Å²) in [6.45, 7) is 2.43. The highest BCUT2D eigenvalue weighted by Gasteiger charge is 2.30. The Balaban J connectivity index is 1.61. The lowest BCUT2D eigenvalue weighted by Crippen LogP contribution is -2.26. The summed E-state index contributed by atoms with van der Waals surface area (Å²) in [4.78, 5) is 2.38. The average molecular weight is 341 g/mol. The highest BCUT2D eigenvalue weighted by Crippen LogP contribution is 2.45. The van der Waals surface area contributed by atoms with Crippen molar-refractivity contribution in [3.05, 3.63) is 41.5 Å². The number of fused-ring (bicyclic) bond motifs is 2. The van der Waals surface area contributed by atoms with Gasteiger partial charge in [0.2, 0.25) is 13.6 Å². The number of aromatic hydroxyl groups is 1. The van der Waals surface area contributed by atoms with Gasteiger partial charge in [0.15, 0.2) is 23.0 Å². The highest BCUT2D eigenvalue weighted by molar-refractivity contribution is 5.55. The molecule has 3 aliphatic rings. The summed E-state index contributed by atoms with van der Waals surface area (Å²) in [6, 6.07) is 9.46. The average Bonchev–Trinajstić information content (AvgIpc) is 3.36. The molecule has 0 aromatic heterocycles. The molecule has 25 heavy (non-hydrogen) atoms. The first kappa shape index (κ1) is 14.7. The van der Waals surface area contributed by atoms with E-state index in [2.05, 4.69) is 4.90 Å². The molecule has 6 nitrogen and oxygen atoms in total. The van der Waals surface area contributed by atoms with Gasteiger partial charge in [-0.05, 0) is 49.7 Å². The van der Waals surface area contributed by atoms with Gasteiger partial charge in [-0.2, -0.15) is 0 Å². The first-order valence-corrected chi connectivity index (χ1v) is 8.56. The Bertz CT molecular complexity index is 816. The van der Waals surface area contributed by atoms with E-state index < -0.39 is 0 Å². The molecule has 3 aliphatic heterocycles. The summed E-state index contributed by atoms with van der Waals surface area (Å²) in [5.41, 5.74) is 1.89. The topological polar surface area (TPSA) is 60.4 Å². The van der Waals surface area contributed by atoms with Crippen LogP contribution in [0.4, 0.5) is 0 Å². The van der Waals surface area contributed by atoms with E-state index in [1.807, 2.05) is 24.3 Å². The van der Waals surface area contributed by atoms with Crippen LogP contribution >= 0.6 is 0 Å². The lowest BCUT2D eigenvalue weighted by molar-refractivity contribution is 0.173. The Morgan fingerprint density at radius 3 is 2.20 bits per heavy atom. The van der Waals surface area contributed by atoms with Crippen molar-refractivity contribution >= 4 is 0 Å². The maximum absolute atomic E-state index is 10.6. The van der Waals surface area contributed by atoms with Crippen molar-refractivity contribution < 1.29 is 24.1 Å². The molecule has 1 saturated heterocycles. The number of ether oxygens (including phenoxy) is 4.